The van der Waals surface area contributed by atoms with E-state index in [1.54, 1.807) is 0 Å². The first-order chi connectivity index (χ1) is 10.2. The van der Waals surface area contributed by atoms with Gasteiger partial charge in [0.15, 0.2) is 0 Å². The van der Waals surface area contributed by atoms with Crippen molar-refractivity contribution in [3.63, 3.8) is 0 Å². The van der Waals surface area contributed by atoms with E-state index in [2.05, 4.69) is 24.0 Å². The topological polar surface area (TPSA) is 36.6 Å². The van der Waals surface area contributed by atoms with Crippen LogP contribution in [-0.4, -0.2) is 22.7 Å². The Balaban J connectivity index is 2.02. The molecule has 1 heterocycles. The Labute approximate surface area is 127 Å². The predicted molar refractivity (Wildman–Crippen MR) is 84.9 cm³/mol. The zero-order chi connectivity index (χ0) is 15.1. The van der Waals surface area contributed by atoms with Crippen molar-refractivity contribution in [2.75, 3.05) is 6.54 Å². The molecule has 0 saturated heterocycles. The lowest BCUT2D eigenvalue weighted by Gasteiger charge is -2.24. The molecule has 2 rings (SSSR count). The van der Waals surface area contributed by atoms with E-state index < -0.39 is 0 Å². The number of furan rings is 1. The lowest BCUT2D eigenvalue weighted by Crippen LogP contribution is -2.31. The molecule has 0 fully saturated rings. The van der Waals surface area contributed by atoms with Crippen molar-refractivity contribution in [3.8, 4) is 0 Å². The molecule has 3 heteroatoms. The van der Waals surface area contributed by atoms with Crippen LogP contribution in [0.5, 0.6) is 0 Å². The minimum atomic E-state index is -0.283. The van der Waals surface area contributed by atoms with Crippen LogP contribution in [0.4, 0.5) is 0 Å². The molecule has 21 heavy (non-hydrogen) atoms. The average Bonchev–Trinajstić information content (AvgIpc) is 2.85. The third kappa shape index (κ3) is 5.37. The van der Waals surface area contributed by atoms with Crippen molar-refractivity contribution in [3.05, 3.63) is 59.5 Å². The zero-order valence-electron chi connectivity index (χ0n) is 13.0. The van der Waals surface area contributed by atoms with Gasteiger partial charge in [-0.05, 0) is 31.0 Å². The highest BCUT2D eigenvalue weighted by atomic mass is 16.3. The summed E-state index contributed by atoms with van der Waals surface area (Å²) in [4.78, 5) is 2.24. The minimum Gasteiger partial charge on any atom is -0.465 e. The van der Waals surface area contributed by atoms with Crippen molar-refractivity contribution in [1.82, 2.24) is 4.90 Å². The molecule has 0 amide bonds. The van der Waals surface area contributed by atoms with Crippen LogP contribution in [0.15, 0.2) is 46.9 Å². The number of hydrogen-bond acceptors (Lipinski definition) is 3. The van der Waals surface area contributed by atoms with Gasteiger partial charge in [0.2, 0.25) is 0 Å². The number of rotatable bonds is 8. The van der Waals surface area contributed by atoms with Gasteiger partial charge in [-0.2, -0.15) is 0 Å². The molecule has 0 saturated carbocycles. The van der Waals surface area contributed by atoms with Gasteiger partial charge in [-0.25, -0.2) is 0 Å². The van der Waals surface area contributed by atoms with Crippen LogP contribution in [0.1, 0.15) is 36.8 Å². The Morgan fingerprint density at radius 1 is 1.10 bits per heavy atom. The van der Waals surface area contributed by atoms with Crippen LogP contribution in [-0.2, 0) is 13.1 Å². The van der Waals surface area contributed by atoms with Crippen LogP contribution in [0.3, 0.4) is 0 Å². The quantitative estimate of drug-likeness (QED) is 0.803. The fourth-order valence-electron chi connectivity index (χ4n) is 2.54. The largest absolute Gasteiger partial charge is 0.465 e. The van der Waals surface area contributed by atoms with Gasteiger partial charge in [-0.1, -0.05) is 43.7 Å². The molecule has 0 spiro atoms. The van der Waals surface area contributed by atoms with E-state index in [9.17, 15) is 5.11 Å². The summed E-state index contributed by atoms with van der Waals surface area (Å²) < 4.78 is 5.67. The number of aryl methyl sites for hydroxylation is 1. The van der Waals surface area contributed by atoms with Crippen LogP contribution in [0, 0.1) is 6.92 Å². The van der Waals surface area contributed by atoms with Crippen molar-refractivity contribution < 1.29 is 9.52 Å². The summed E-state index contributed by atoms with van der Waals surface area (Å²) in [5.41, 5.74) is 1.25. The fraction of sp³-hybridized carbons (Fsp3) is 0.444. The Hall–Kier alpha value is -1.58. The molecule has 3 nitrogen and oxygen atoms in total. The lowest BCUT2D eigenvalue weighted by atomic mass is 10.1. The second-order valence-electron chi connectivity index (χ2n) is 5.61. The summed E-state index contributed by atoms with van der Waals surface area (Å²) in [7, 11) is 0. The maximum Gasteiger partial charge on any atom is 0.118 e. The van der Waals surface area contributed by atoms with Gasteiger partial charge >= 0.3 is 0 Å². The summed E-state index contributed by atoms with van der Waals surface area (Å²) >= 11 is 0. The maximum atomic E-state index is 10.1. The number of nitrogens with zero attached hydrogens (tertiary/aromatic N) is 1. The SMILES string of the molecule is CCC[C@H](O)CN(Cc1ccccc1)Cc1ccc(C)o1. The molecule has 1 N–H and O–H groups in total. The lowest BCUT2D eigenvalue weighted by molar-refractivity contribution is 0.0930. The summed E-state index contributed by atoms with van der Waals surface area (Å²) in [6.45, 7) is 6.27. The zero-order valence-corrected chi connectivity index (χ0v) is 13.0. The van der Waals surface area contributed by atoms with Gasteiger partial charge in [-0.15, -0.1) is 0 Å². The molecular formula is C18H25NO2. The van der Waals surface area contributed by atoms with E-state index in [-0.39, 0.29) is 6.10 Å². The first kappa shape index (κ1) is 15.8. The third-order valence-electron chi connectivity index (χ3n) is 3.52. The molecule has 0 aliphatic heterocycles. The molecule has 0 aliphatic rings. The monoisotopic (exact) mass is 287 g/mol. The summed E-state index contributed by atoms with van der Waals surface area (Å²) in [5, 5.41) is 10.1. The Kier molecular flexibility index (Phi) is 6.03. The summed E-state index contributed by atoms with van der Waals surface area (Å²) in [6.07, 6.45) is 1.55. The molecule has 0 unspecified atom stereocenters. The Morgan fingerprint density at radius 3 is 2.48 bits per heavy atom. The van der Waals surface area contributed by atoms with Gasteiger partial charge in [0, 0.05) is 13.1 Å². The smallest absolute Gasteiger partial charge is 0.118 e. The number of hydrogen-bond donors (Lipinski definition) is 1. The van der Waals surface area contributed by atoms with Gasteiger partial charge in [-0.3, -0.25) is 4.90 Å². The van der Waals surface area contributed by atoms with Gasteiger partial charge in [0.1, 0.15) is 11.5 Å². The molecular weight excluding hydrogens is 262 g/mol. The van der Waals surface area contributed by atoms with Gasteiger partial charge in [0.05, 0.1) is 12.6 Å². The number of benzene rings is 1. The van der Waals surface area contributed by atoms with Crippen molar-refractivity contribution in [2.24, 2.45) is 0 Å². The van der Waals surface area contributed by atoms with E-state index in [1.807, 2.05) is 37.3 Å². The normalized spacial score (nSPS) is 12.8. The van der Waals surface area contributed by atoms with E-state index in [0.29, 0.717) is 6.54 Å². The van der Waals surface area contributed by atoms with Crippen molar-refractivity contribution in [2.45, 2.75) is 45.9 Å². The van der Waals surface area contributed by atoms with Crippen molar-refractivity contribution >= 4 is 0 Å². The molecule has 1 atom stereocenters. The van der Waals surface area contributed by atoms with Gasteiger partial charge < -0.3 is 9.52 Å². The molecule has 2 aromatic rings. The second-order valence-corrected chi connectivity index (χ2v) is 5.61. The highest BCUT2D eigenvalue weighted by Gasteiger charge is 2.14. The predicted octanol–water partition coefficient (Wildman–Crippen LogP) is 3.75. The molecule has 0 radical (unpaired) electrons. The van der Waals surface area contributed by atoms with Crippen LogP contribution < -0.4 is 0 Å². The van der Waals surface area contributed by atoms with Gasteiger partial charge in [0.25, 0.3) is 0 Å². The molecule has 0 aliphatic carbocycles. The number of aliphatic hydroxyl groups is 1. The minimum absolute atomic E-state index is 0.283. The van der Waals surface area contributed by atoms with Crippen LogP contribution in [0.2, 0.25) is 0 Å². The average molecular weight is 287 g/mol. The third-order valence-corrected chi connectivity index (χ3v) is 3.52. The Bertz CT molecular complexity index is 521. The fourth-order valence-corrected chi connectivity index (χ4v) is 2.54. The number of aliphatic hydroxyl groups excluding tert-OH is 1. The van der Waals surface area contributed by atoms with E-state index >= 15 is 0 Å². The standard InChI is InChI=1S/C18H25NO2/c1-3-7-17(20)13-19(12-16-8-5-4-6-9-16)14-18-11-10-15(2)21-18/h4-6,8-11,17,20H,3,7,12-14H2,1-2H3/t17-/m0/s1. The molecule has 114 valence electrons. The summed E-state index contributed by atoms with van der Waals surface area (Å²) in [5.74, 6) is 1.88. The van der Waals surface area contributed by atoms with E-state index in [4.69, 9.17) is 4.42 Å². The first-order valence-corrected chi connectivity index (χ1v) is 7.67. The summed E-state index contributed by atoms with van der Waals surface area (Å²) in [6, 6.07) is 14.4. The molecule has 0 bridgehead atoms. The molecule has 1 aromatic carbocycles. The second kappa shape index (κ2) is 8.01. The van der Waals surface area contributed by atoms with E-state index in [0.717, 1.165) is 37.5 Å². The van der Waals surface area contributed by atoms with E-state index in [1.165, 1.54) is 5.56 Å². The highest BCUT2D eigenvalue weighted by Crippen LogP contribution is 2.14. The first-order valence-electron chi connectivity index (χ1n) is 7.67. The van der Waals surface area contributed by atoms with Crippen LogP contribution >= 0.6 is 0 Å². The maximum absolute atomic E-state index is 10.1. The highest BCUT2D eigenvalue weighted by molar-refractivity contribution is 5.15. The van der Waals surface area contributed by atoms with Crippen molar-refractivity contribution in [1.29, 1.82) is 0 Å². The Morgan fingerprint density at radius 2 is 1.86 bits per heavy atom. The van der Waals surface area contributed by atoms with Crippen LogP contribution in [0.25, 0.3) is 0 Å². The molecule has 1 aromatic heterocycles.